The molecule has 3 aromatic rings. The van der Waals surface area contributed by atoms with Crippen molar-refractivity contribution in [3.63, 3.8) is 0 Å². The summed E-state index contributed by atoms with van der Waals surface area (Å²) in [5.41, 5.74) is 6.27. The molecule has 0 unspecified atom stereocenters. The highest BCUT2D eigenvalue weighted by Gasteiger charge is 2.34. The number of nitrogens with zero attached hydrogens (tertiary/aromatic N) is 2. The van der Waals surface area contributed by atoms with Crippen LogP contribution in [-0.4, -0.2) is 22.4 Å². The maximum absolute atomic E-state index is 12.8. The third kappa shape index (κ3) is 3.63. The number of rotatable bonds is 4. The third-order valence-electron chi connectivity index (χ3n) is 6.62. The number of H-pyrrole nitrogens is 1. The average Bonchev–Trinajstić information content (AvgIpc) is 3.34. The van der Waals surface area contributed by atoms with Crippen LogP contribution in [0.1, 0.15) is 52.7 Å². The molecule has 1 aromatic heterocycles. The van der Waals surface area contributed by atoms with E-state index < -0.39 is 0 Å². The Balaban J connectivity index is 1.39. The van der Waals surface area contributed by atoms with E-state index in [9.17, 15) is 9.59 Å². The fourth-order valence-corrected chi connectivity index (χ4v) is 4.79. The molecule has 2 heterocycles. The zero-order valence-electron chi connectivity index (χ0n) is 17.8. The van der Waals surface area contributed by atoms with Gasteiger partial charge in [0.1, 0.15) is 0 Å². The van der Waals surface area contributed by atoms with Gasteiger partial charge in [0.05, 0.1) is 11.7 Å². The summed E-state index contributed by atoms with van der Waals surface area (Å²) in [6.07, 6.45) is 2.34. The first-order chi connectivity index (χ1) is 15.0. The van der Waals surface area contributed by atoms with Crippen molar-refractivity contribution in [1.29, 1.82) is 0 Å². The van der Waals surface area contributed by atoms with E-state index in [-0.39, 0.29) is 23.4 Å². The summed E-state index contributed by atoms with van der Waals surface area (Å²) in [6, 6.07) is 16.0. The number of aromatic nitrogens is 2. The summed E-state index contributed by atoms with van der Waals surface area (Å²) in [4.78, 5) is 34.6. The molecule has 2 aliphatic rings. The SMILES string of the molecule is Cc1cccc(N2C[C@H](c3cc(=O)[nH]c(N[C@@H]4CCc5ccccc54)n3)CC2=O)c1C. The molecule has 0 saturated carbocycles. The van der Waals surface area contributed by atoms with E-state index in [2.05, 4.69) is 28.5 Å². The first-order valence-corrected chi connectivity index (χ1v) is 10.8. The number of aromatic amines is 1. The predicted molar refractivity (Wildman–Crippen MR) is 122 cm³/mol. The van der Waals surface area contributed by atoms with Gasteiger partial charge in [-0.2, -0.15) is 0 Å². The van der Waals surface area contributed by atoms with E-state index in [1.165, 1.54) is 17.2 Å². The number of fused-ring (bicyclic) bond motifs is 1. The van der Waals surface area contributed by atoms with Crippen molar-refractivity contribution in [2.45, 2.75) is 45.1 Å². The quantitative estimate of drug-likeness (QED) is 0.676. The first-order valence-electron chi connectivity index (χ1n) is 10.8. The molecule has 31 heavy (non-hydrogen) atoms. The predicted octanol–water partition coefficient (Wildman–Crippen LogP) is 4.01. The monoisotopic (exact) mass is 414 g/mol. The van der Waals surface area contributed by atoms with Gasteiger partial charge in [-0.1, -0.05) is 36.4 Å². The molecule has 0 bridgehead atoms. The normalized spacial score (nSPS) is 20.2. The van der Waals surface area contributed by atoms with Gasteiger partial charge in [0.2, 0.25) is 11.9 Å². The fraction of sp³-hybridized carbons (Fsp3) is 0.320. The number of benzene rings is 2. The Kier molecular flexibility index (Phi) is 4.85. The maximum Gasteiger partial charge on any atom is 0.252 e. The fourth-order valence-electron chi connectivity index (χ4n) is 4.79. The number of hydrogen-bond donors (Lipinski definition) is 2. The summed E-state index contributed by atoms with van der Waals surface area (Å²) in [5.74, 6) is 0.438. The van der Waals surface area contributed by atoms with Crippen molar-refractivity contribution in [3.05, 3.63) is 86.8 Å². The standard InChI is InChI=1S/C25H26N4O2/c1-15-6-5-9-22(16(15)2)29-14-18(12-24(29)31)21-13-23(30)28-25(27-21)26-20-11-10-17-7-3-4-8-19(17)20/h3-9,13,18,20H,10-12,14H2,1-2H3,(H2,26,27,28,30)/t18-,20-/m1/s1. The molecule has 2 aromatic carbocycles. The second-order valence-electron chi connectivity index (χ2n) is 8.58. The van der Waals surface area contributed by atoms with Crippen molar-refractivity contribution in [2.75, 3.05) is 16.8 Å². The summed E-state index contributed by atoms with van der Waals surface area (Å²) >= 11 is 0. The molecule has 158 valence electrons. The lowest BCUT2D eigenvalue weighted by Gasteiger charge is -2.20. The van der Waals surface area contributed by atoms with Gasteiger partial charge < -0.3 is 10.2 Å². The van der Waals surface area contributed by atoms with Crippen molar-refractivity contribution in [1.82, 2.24) is 9.97 Å². The molecule has 1 aliphatic heterocycles. The van der Waals surface area contributed by atoms with Gasteiger partial charge in [-0.25, -0.2) is 4.98 Å². The highest BCUT2D eigenvalue weighted by Crippen LogP contribution is 2.35. The van der Waals surface area contributed by atoms with E-state index >= 15 is 0 Å². The van der Waals surface area contributed by atoms with Crippen molar-refractivity contribution >= 4 is 17.5 Å². The van der Waals surface area contributed by atoms with E-state index in [1.807, 2.05) is 43.0 Å². The Morgan fingerprint density at radius 1 is 1.10 bits per heavy atom. The summed E-state index contributed by atoms with van der Waals surface area (Å²) in [6.45, 7) is 4.62. The number of amides is 1. The third-order valence-corrected chi connectivity index (χ3v) is 6.62. The van der Waals surface area contributed by atoms with E-state index in [0.717, 1.165) is 29.7 Å². The molecule has 1 fully saturated rings. The van der Waals surface area contributed by atoms with Crippen LogP contribution >= 0.6 is 0 Å². The van der Waals surface area contributed by atoms with Gasteiger partial charge in [-0.15, -0.1) is 0 Å². The lowest BCUT2D eigenvalue weighted by Crippen LogP contribution is -2.25. The van der Waals surface area contributed by atoms with Crippen LogP contribution in [0, 0.1) is 13.8 Å². The van der Waals surface area contributed by atoms with Crippen molar-refractivity contribution < 1.29 is 4.79 Å². The number of carbonyl (C=O) groups excluding carboxylic acids is 1. The Labute approximate surface area is 181 Å². The van der Waals surface area contributed by atoms with E-state index in [1.54, 1.807) is 0 Å². The molecular weight excluding hydrogens is 388 g/mol. The Hall–Kier alpha value is -3.41. The van der Waals surface area contributed by atoms with Gasteiger partial charge >= 0.3 is 0 Å². The lowest BCUT2D eigenvalue weighted by atomic mass is 10.0. The van der Waals surface area contributed by atoms with Crippen LogP contribution in [0.4, 0.5) is 11.6 Å². The zero-order chi connectivity index (χ0) is 21.5. The van der Waals surface area contributed by atoms with Crippen molar-refractivity contribution in [2.24, 2.45) is 0 Å². The van der Waals surface area contributed by atoms with Crippen LogP contribution in [0.5, 0.6) is 0 Å². The Morgan fingerprint density at radius 3 is 2.81 bits per heavy atom. The largest absolute Gasteiger partial charge is 0.349 e. The average molecular weight is 415 g/mol. The summed E-state index contributed by atoms with van der Waals surface area (Å²) in [5, 5.41) is 3.41. The first kappa shape index (κ1) is 19.5. The van der Waals surface area contributed by atoms with Gasteiger partial charge in [0.15, 0.2) is 0 Å². The van der Waals surface area contributed by atoms with Gasteiger partial charge in [-0.05, 0) is 55.0 Å². The lowest BCUT2D eigenvalue weighted by molar-refractivity contribution is -0.117. The maximum atomic E-state index is 12.8. The second-order valence-corrected chi connectivity index (χ2v) is 8.58. The zero-order valence-corrected chi connectivity index (χ0v) is 17.8. The van der Waals surface area contributed by atoms with E-state index in [0.29, 0.717) is 24.6 Å². The van der Waals surface area contributed by atoms with Gasteiger partial charge in [-0.3, -0.25) is 14.6 Å². The minimum absolute atomic E-state index is 0.0695. The minimum atomic E-state index is -0.198. The number of anilines is 2. The molecule has 6 nitrogen and oxygen atoms in total. The molecule has 6 heteroatoms. The van der Waals surface area contributed by atoms with Crippen LogP contribution in [0.25, 0.3) is 0 Å². The molecule has 5 rings (SSSR count). The molecule has 0 spiro atoms. The molecule has 0 radical (unpaired) electrons. The van der Waals surface area contributed by atoms with Crippen LogP contribution in [0.3, 0.4) is 0 Å². The van der Waals surface area contributed by atoms with Crippen LogP contribution in [-0.2, 0) is 11.2 Å². The second kappa shape index (κ2) is 7.69. The highest BCUT2D eigenvalue weighted by atomic mass is 16.2. The smallest absolute Gasteiger partial charge is 0.252 e. The minimum Gasteiger partial charge on any atom is -0.349 e. The van der Waals surface area contributed by atoms with Crippen LogP contribution in [0.15, 0.2) is 53.3 Å². The van der Waals surface area contributed by atoms with Crippen LogP contribution < -0.4 is 15.8 Å². The van der Waals surface area contributed by atoms with Gasteiger partial charge in [0, 0.05) is 30.6 Å². The van der Waals surface area contributed by atoms with E-state index in [4.69, 9.17) is 4.98 Å². The highest BCUT2D eigenvalue weighted by molar-refractivity contribution is 5.97. The van der Waals surface area contributed by atoms with Crippen molar-refractivity contribution in [3.8, 4) is 0 Å². The molecular formula is C25H26N4O2. The number of aryl methyl sites for hydroxylation is 2. The van der Waals surface area contributed by atoms with Gasteiger partial charge in [0.25, 0.3) is 5.56 Å². The molecule has 1 aliphatic carbocycles. The molecule has 2 atom stereocenters. The summed E-state index contributed by atoms with van der Waals surface area (Å²) in [7, 11) is 0. The topological polar surface area (TPSA) is 78.1 Å². The Morgan fingerprint density at radius 2 is 1.94 bits per heavy atom. The molecule has 1 amide bonds. The van der Waals surface area contributed by atoms with Crippen LogP contribution in [0.2, 0.25) is 0 Å². The Bertz CT molecular complexity index is 1220. The molecule has 1 saturated heterocycles. The molecule has 2 N–H and O–H groups in total. The number of carbonyl (C=O) groups is 1. The number of hydrogen-bond acceptors (Lipinski definition) is 4. The number of nitrogens with one attached hydrogen (secondary N) is 2. The summed E-state index contributed by atoms with van der Waals surface area (Å²) < 4.78 is 0.